The molecule has 0 bridgehead atoms. The molecule has 1 aromatic carbocycles. The van der Waals surface area contributed by atoms with E-state index < -0.39 is 0 Å². The van der Waals surface area contributed by atoms with Gasteiger partial charge in [-0.1, -0.05) is 6.07 Å². The lowest BCUT2D eigenvalue weighted by molar-refractivity contribution is -0.128. The van der Waals surface area contributed by atoms with Gasteiger partial charge in [0.05, 0.1) is 5.52 Å². The topological polar surface area (TPSA) is 63.9 Å². The Hall–Kier alpha value is -2.41. The molecule has 0 saturated carbocycles. The van der Waals surface area contributed by atoms with Crippen molar-refractivity contribution in [2.24, 2.45) is 0 Å². The maximum atomic E-state index is 11.9. The smallest absolute Gasteiger partial charge is 0.222 e. The molecule has 0 aliphatic carbocycles. The summed E-state index contributed by atoms with van der Waals surface area (Å²) in [6.45, 7) is 3.93. The molecule has 0 aliphatic rings. The first-order valence-electron chi connectivity index (χ1n) is 8.47. The molecule has 26 heavy (non-hydrogen) atoms. The summed E-state index contributed by atoms with van der Waals surface area (Å²) in [5.74, 6) is 2.24. The van der Waals surface area contributed by atoms with Crippen LogP contribution in [-0.2, 0) is 11.2 Å². The number of benzene rings is 1. The van der Waals surface area contributed by atoms with E-state index in [1.165, 1.54) is 4.90 Å². The van der Waals surface area contributed by atoms with Gasteiger partial charge in [-0.3, -0.25) is 4.79 Å². The fraction of sp³-hybridized carbons (Fsp3) is 0.368. The highest BCUT2D eigenvalue weighted by molar-refractivity contribution is 7.98. The monoisotopic (exact) mass is 369 g/mol. The number of thioether (sulfide) groups is 1. The predicted molar refractivity (Wildman–Crippen MR) is 105 cm³/mol. The molecule has 0 fully saturated rings. The van der Waals surface area contributed by atoms with E-state index >= 15 is 0 Å². The summed E-state index contributed by atoms with van der Waals surface area (Å²) in [5.41, 5.74) is 2.08. The second kappa shape index (κ2) is 7.45. The highest BCUT2D eigenvalue weighted by atomic mass is 32.2. The zero-order valence-corrected chi connectivity index (χ0v) is 16.6. The third-order valence-corrected chi connectivity index (χ3v) is 4.99. The molecular weight excluding hydrogens is 346 g/mol. The number of pyridine rings is 1. The summed E-state index contributed by atoms with van der Waals surface area (Å²) in [6, 6.07) is 8.33. The number of nitrogens with zero attached hydrogens (tertiary/aromatic N) is 5. The van der Waals surface area contributed by atoms with Crippen molar-refractivity contribution in [1.82, 2.24) is 24.6 Å². The molecule has 136 valence electrons. The number of rotatable bonds is 5. The van der Waals surface area contributed by atoms with E-state index in [-0.39, 0.29) is 5.91 Å². The van der Waals surface area contributed by atoms with Gasteiger partial charge in [-0.15, -0.1) is 16.9 Å². The molecule has 0 radical (unpaired) electrons. The summed E-state index contributed by atoms with van der Waals surface area (Å²) < 4.78 is 1.76. The minimum absolute atomic E-state index is 0.0736. The minimum Gasteiger partial charge on any atom is -0.349 e. The van der Waals surface area contributed by atoms with E-state index in [1.807, 2.05) is 13.0 Å². The van der Waals surface area contributed by atoms with Crippen molar-refractivity contribution in [2.75, 3.05) is 20.4 Å². The van der Waals surface area contributed by atoms with Gasteiger partial charge in [0.1, 0.15) is 11.6 Å². The van der Waals surface area contributed by atoms with Crippen molar-refractivity contribution in [3.63, 3.8) is 0 Å². The van der Waals surface area contributed by atoms with Crippen LogP contribution in [0.3, 0.4) is 0 Å². The third-order valence-electron chi connectivity index (χ3n) is 4.27. The first kappa shape index (κ1) is 18.4. The molecule has 6 nitrogen and oxygen atoms in total. The summed E-state index contributed by atoms with van der Waals surface area (Å²) in [6.07, 6.45) is 2.98. The fourth-order valence-corrected chi connectivity index (χ4v) is 3.28. The van der Waals surface area contributed by atoms with Crippen LogP contribution in [-0.4, -0.2) is 50.9 Å². The quantitative estimate of drug-likeness (QED) is 0.646. The largest absolute Gasteiger partial charge is 0.349 e. The first-order valence-corrected chi connectivity index (χ1v) is 9.70. The molecule has 2 heterocycles. The van der Waals surface area contributed by atoms with Gasteiger partial charge in [-0.25, -0.2) is 9.97 Å². The van der Waals surface area contributed by atoms with Gasteiger partial charge >= 0.3 is 0 Å². The van der Waals surface area contributed by atoms with Crippen molar-refractivity contribution in [3.05, 3.63) is 41.5 Å². The lowest BCUT2D eigenvalue weighted by Gasteiger charge is -2.11. The molecule has 0 unspecified atom stereocenters. The molecule has 0 saturated heterocycles. The standard InChI is InChI=1S/C19H23N5OS/c1-12-10-18(21-16-11-14(26-5)6-7-15(12)16)24-17(20-13(2)22-24)8-9-19(25)23(3)4/h6-7,10-11H,8-9H2,1-5H3. The second-order valence-corrected chi connectivity index (χ2v) is 7.34. The van der Waals surface area contributed by atoms with Crippen molar-refractivity contribution in [2.45, 2.75) is 31.6 Å². The normalized spacial score (nSPS) is 11.1. The van der Waals surface area contributed by atoms with Gasteiger partial charge < -0.3 is 4.90 Å². The van der Waals surface area contributed by atoms with Crippen LogP contribution in [0.5, 0.6) is 0 Å². The summed E-state index contributed by atoms with van der Waals surface area (Å²) in [4.78, 5) is 24.0. The maximum Gasteiger partial charge on any atom is 0.222 e. The van der Waals surface area contributed by atoms with E-state index in [0.717, 1.165) is 28.1 Å². The van der Waals surface area contributed by atoms with Gasteiger partial charge in [0.25, 0.3) is 0 Å². The molecule has 0 N–H and O–H groups in total. The molecule has 1 amide bonds. The van der Waals surface area contributed by atoms with Crippen LogP contribution >= 0.6 is 11.8 Å². The lowest BCUT2D eigenvalue weighted by Crippen LogP contribution is -2.22. The number of carbonyl (C=O) groups is 1. The van der Waals surface area contributed by atoms with Gasteiger partial charge in [-0.05, 0) is 43.9 Å². The van der Waals surface area contributed by atoms with Crippen LogP contribution in [0.1, 0.15) is 23.6 Å². The Morgan fingerprint density at radius 2 is 1.96 bits per heavy atom. The Bertz CT molecular complexity index is 964. The van der Waals surface area contributed by atoms with Crippen molar-refractivity contribution >= 4 is 28.6 Å². The average Bonchev–Trinajstić information content (AvgIpc) is 2.99. The van der Waals surface area contributed by atoms with Crippen LogP contribution in [0.4, 0.5) is 0 Å². The zero-order chi connectivity index (χ0) is 18.8. The molecule has 0 spiro atoms. The molecule has 3 aromatic rings. The van der Waals surface area contributed by atoms with Gasteiger partial charge in [0, 0.05) is 37.2 Å². The van der Waals surface area contributed by atoms with Crippen molar-refractivity contribution < 1.29 is 4.79 Å². The number of aromatic nitrogens is 4. The number of carbonyl (C=O) groups excluding carboxylic acids is 1. The van der Waals surface area contributed by atoms with Gasteiger partial charge in [0.15, 0.2) is 5.82 Å². The third kappa shape index (κ3) is 3.72. The lowest BCUT2D eigenvalue weighted by atomic mass is 10.1. The molecule has 2 aromatic heterocycles. The predicted octanol–water partition coefficient (Wildman–Crippen LogP) is 3.18. The van der Waals surface area contributed by atoms with Crippen LogP contribution in [0, 0.1) is 13.8 Å². The Kier molecular flexibility index (Phi) is 5.27. The molecule has 7 heteroatoms. The zero-order valence-electron chi connectivity index (χ0n) is 15.8. The Balaban J connectivity index is 2.02. The van der Waals surface area contributed by atoms with Crippen LogP contribution < -0.4 is 0 Å². The van der Waals surface area contributed by atoms with Crippen LogP contribution in [0.2, 0.25) is 0 Å². The fourth-order valence-electron chi connectivity index (χ4n) is 2.85. The number of aryl methyl sites for hydroxylation is 3. The highest BCUT2D eigenvalue weighted by Gasteiger charge is 2.15. The number of amides is 1. The summed E-state index contributed by atoms with van der Waals surface area (Å²) in [7, 11) is 3.52. The maximum absolute atomic E-state index is 11.9. The van der Waals surface area contributed by atoms with Crippen molar-refractivity contribution in [1.29, 1.82) is 0 Å². The Morgan fingerprint density at radius 3 is 2.65 bits per heavy atom. The van der Waals surface area contributed by atoms with Gasteiger partial charge in [0.2, 0.25) is 5.91 Å². The Morgan fingerprint density at radius 1 is 1.19 bits per heavy atom. The van der Waals surface area contributed by atoms with E-state index in [1.54, 1.807) is 35.4 Å². The number of hydrogen-bond acceptors (Lipinski definition) is 5. The SMILES string of the molecule is CSc1ccc2c(C)cc(-n3nc(C)nc3CCC(=O)N(C)C)nc2c1. The second-order valence-electron chi connectivity index (χ2n) is 6.46. The van der Waals surface area contributed by atoms with E-state index in [4.69, 9.17) is 4.98 Å². The first-order chi connectivity index (χ1) is 12.4. The molecule has 3 rings (SSSR count). The highest BCUT2D eigenvalue weighted by Crippen LogP contribution is 2.25. The number of hydrogen-bond donors (Lipinski definition) is 0. The van der Waals surface area contributed by atoms with E-state index in [2.05, 4.69) is 41.5 Å². The molecule has 0 aliphatic heterocycles. The summed E-state index contributed by atoms with van der Waals surface area (Å²) in [5, 5.41) is 5.64. The summed E-state index contributed by atoms with van der Waals surface area (Å²) >= 11 is 1.70. The van der Waals surface area contributed by atoms with Crippen LogP contribution in [0.15, 0.2) is 29.2 Å². The average molecular weight is 369 g/mol. The molecular formula is C19H23N5OS. The minimum atomic E-state index is 0.0736. The number of fused-ring (bicyclic) bond motifs is 1. The van der Waals surface area contributed by atoms with Crippen molar-refractivity contribution in [3.8, 4) is 5.82 Å². The Labute approximate surface area is 157 Å². The van der Waals surface area contributed by atoms with Gasteiger partial charge in [-0.2, -0.15) is 4.68 Å². The van der Waals surface area contributed by atoms with E-state index in [9.17, 15) is 4.79 Å². The van der Waals surface area contributed by atoms with Crippen LogP contribution in [0.25, 0.3) is 16.7 Å². The van der Waals surface area contributed by atoms with E-state index in [0.29, 0.717) is 18.7 Å². The molecule has 0 atom stereocenters.